The zero-order valence-electron chi connectivity index (χ0n) is 17.0. The molecule has 4 heterocycles. The van der Waals surface area contributed by atoms with E-state index < -0.39 is 0 Å². The third-order valence-electron chi connectivity index (χ3n) is 5.87. The smallest absolute Gasteiger partial charge is 0.255 e. The highest BCUT2D eigenvalue weighted by atomic mass is 32.1. The van der Waals surface area contributed by atoms with Gasteiger partial charge in [0.15, 0.2) is 0 Å². The van der Waals surface area contributed by atoms with Crippen LogP contribution in [0.5, 0.6) is 0 Å². The second-order valence-corrected chi connectivity index (χ2v) is 9.10. The first kappa shape index (κ1) is 20.0. The number of thiazole rings is 1. The molecule has 6 nitrogen and oxygen atoms in total. The Morgan fingerprint density at radius 1 is 1.10 bits per heavy atom. The van der Waals surface area contributed by atoms with Crippen LogP contribution in [-0.2, 0) is 11.2 Å². The van der Waals surface area contributed by atoms with Gasteiger partial charge in [-0.15, -0.1) is 11.3 Å². The summed E-state index contributed by atoms with van der Waals surface area (Å²) in [5.74, 6) is 0.448. The van der Waals surface area contributed by atoms with Gasteiger partial charge < -0.3 is 9.80 Å². The molecule has 7 heteroatoms. The number of hydrogen-bond acceptors (Lipinski definition) is 5. The molecule has 2 amide bonds. The van der Waals surface area contributed by atoms with Crippen LogP contribution in [0, 0.1) is 6.92 Å². The van der Waals surface area contributed by atoms with Gasteiger partial charge in [-0.25, -0.2) is 4.98 Å². The molecule has 0 unspecified atom stereocenters. The summed E-state index contributed by atoms with van der Waals surface area (Å²) in [7, 11) is 0. The molecule has 2 aromatic rings. The normalized spacial score (nSPS) is 20.0. The number of pyridine rings is 1. The number of carbonyl (C=O) groups is 2. The van der Waals surface area contributed by atoms with Gasteiger partial charge in [-0.2, -0.15) is 0 Å². The maximum absolute atomic E-state index is 12.7. The minimum absolute atomic E-state index is 0.0859. The Labute approximate surface area is 176 Å². The van der Waals surface area contributed by atoms with Crippen molar-refractivity contribution in [2.45, 2.75) is 51.4 Å². The first-order valence-electron chi connectivity index (χ1n) is 10.5. The van der Waals surface area contributed by atoms with Gasteiger partial charge in [0.1, 0.15) is 0 Å². The number of amides is 2. The molecule has 2 aromatic heterocycles. The quantitative estimate of drug-likeness (QED) is 0.772. The van der Waals surface area contributed by atoms with Crippen LogP contribution in [-0.4, -0.2) is 57.8 Å². The highest BCUT2D eigenvalue weighted by Crippen LogP contribution is 2.26. The predicted molar refractivity (Wildman–Crippen MR) is 113 cm³/mol. The van der Waals surface area contributed by atoms with Crippen LogP contribution in [0.3, 0.4) is 0 Å². The van der Waals surface area contributed by atoms with Crippen LogP contribution < -0.4 is 0 Å². The average Bonchev–Trinajstić information content (AvgIpc) is 3.18. The van der Waals surface area contributed by atoms with Crippen LogP contribution in [0.2, 0.25) is 0 Å². The number of rotatable bonds is 4. The van der Waals surface area contributed by atoms with Crippen molar-refractivity contribution in [2.75, 3.05) is 26.2 Å². The molecule has 2 fully saturated rings. The lowest BCUT2D eigenvalue weighted by Gasteiger charge is -2.32. The second-order valence-electron chi connectivity index (χ2n) is 8.04. The highest BCUT2D eigenvalue weighted by Gasteiger charge is 2.26. The third kappa shape index (κ3) is 4.83. The SMILES string of the molecule is Cc1nc(CC(=O)N2CCC[C@@H](c3ccc(C(=O)N4CCCCC4)cn3)C2)cs1. The third-order valence-corrected chi connectivity index (χ3v) is 6.69. The van der Waals surface area contributed by atoms with Crippen molar-refractivity contribution in [3.63, 3.8) is 0 Å². The fraction of sp³-hybridized carbons (Fsp3) is 0.545. The van der Waals surface area contributed by atoms with Crippen LogP contribution in [0.15, 0.2) is 23.7 Å². The lowest BCUT2D eigenvalue weighted by Crippen LogP contribution is -2.40. The van der Waals surface area contributed by atoms with Gasteiger partial charge in [-0.3, -0.25) is 14.6 Å². The standard InChI is InChI=1S/C22H28N4O2S/c1-16-24-19(15-29-16)12-21(27)26-11-5-6-18(14-26)20-8-7-17(13-23-20)22(28)25-9-3-2-4-10-25/h7-8,13,15,18H,2-6,9-12,14H2,1H3/t18-/m1/s1. The Morgan fingerprint density at radius 2 is 1.90 bits per heavy atom. The molecule has 154 valence electrons. The first-order chi connectivity index (χ1) is 14.1. The molecule has 0 aliphatic carbocycles. The van der Waals surface area contributed by atoms with Crippen LogP contribution in [0.4, 0.5) is 0 Å². The number of aryl methyl sites for hydroxylation is 1. The van der Waals surface area contributed by atoms with E-state index in [0.29, 0.717) is 18.5 Å². The van der Waals surface area contributed by atoms with E-state index in [1.807, 2.05) is 34.2 Å². The minimum atomic E-state index is 0.0859. The summed E-state index contributed by atoms with van der Waals surface area (Å²) in [4.78, 5) is 38.2. The lowest BCUT2D eigenvalue weighted by atomic mass is 9.93. The molecule has 0 spiro atoms. The maximum Gasteiger partial charge on any atom is 0.255 e. The van der Waals surface area contributed by atoms with Crippen molar-refractivity contribution in [1.29, 1.82) is 0 Å². The van der Waals surface area contributed by atoms with E-state index in [1.54, 1.807) is 17.5 Å². The summed E-state index contributed by atoms with van der Waals surface area (Å²) in [6.45, 7) is 5.14. The monoisotopic (exact) mass is 412 g/mol. The molecule has 2 aliphatic rings. The molecule has 2 saturated heterocycles. The number of piperidine rings is 2. The summed E-state index contributed by atoms with van der Waals surface area (Å²) in [6, 6.07) is 3.87. The van der Waals surface area contributed by atoms with Crippen molar-refractivity contribution in [2.24, 2.45) is 0 Å². The predicted octanol–water partition coefficient (Wildman–Crippen LogP) is 3.42. The van der Waals surface area contributed by atoms with E-state index in [0.717, 1.165) is 61.7 Å². The Kier molecular flexibility index (Phi) is 6.23. The molecule has 1 atom stereocenters. The Balaban J connectivity index is 1.37. The fourth-order valence-corrected chi connectivity index (χ4v) is 4.87. The van der Waals surface area contributed by atoms with Gasteiger partial charge in [0.05, 0.1) is 22.7 Å². The summed E-state index contributed by atoms with van der Waals surface area (Å²) >= 11 is 1.58. The summed E-state index contributed by atoms with van der Waals surface area (Å²) in [6.07, 6.45) is 7.46. The van der Waals surface area contributed by atoms with E-state index >= 15 is 0 Å². The number of aromatic nitrogens is 2. The topological polar surface area (TPSA) is 66.4 Å². The first-order valence-corrected chi connectivity index (χ1v) is 11.4. The van der Waals surface area contributed by atoms with Crippen molar-refractivity contribution in [3.8, 4) is 0 Å². The number of hydrogen-bond donors (Lipinski definition) is 0. The van der Waals surface area contributed by atoms with Crippen molar-refractivity contribution < 1.29 is 9.59 Å². The molecular formula is C22H28N4O2S. The van der Waals surface area contributed by atoms with Gasteiger partial charge in [0, 0.05) is 49.4 Å². The molecule has 2 aliphatic heterocycles. The molecule has 0 bridgehead atoms. The Bertz CT molecular complexity index is 858. The fourth-order valence-electron chi connectivity index (χ4n) is 4.25. The molecule has 29 heavy (non-hydrogen) atoms. The largest absolute Gasteiger partial charge is 0.342 e. The van der Waals surface area contributed by atoms with Gasteiger partial charge in [-0.1, -0.05) is 0 Å². The molecule has 0 radical (unpaired) electrons. The van der Waals surface area contributed by atoms with Crippen molar-refractivity contribution >= 4 is 23.2 Å². The van der Waals surface area contributed by atoms with Crippen LogP contribution in [0.25, 0.3) is 0 Å². The minimum Gasteiger partial charge on any atom is -0.342 e. The van der Waals surface area contributed by atoms with E-state index in [-0.39, 0.29) is 17.7 Å². The second kappa shape index (κ2) is 9.03. The van der Waals surface area contributed by atoms with Crippen LogP contribution in [0.1, 0.15) is 64.8 Å². The molecule has 0 aromatic carbocycles. The van der Waals surface area contributed by atoms with Gasteiger partial charge in [0.2, 0.25) is 5.91 Å². The van der Waals surface area contributed by atoms with Crippen molar-refractivity contribution in [1.82, 2.24) is 19.8 Å². The van der Waals surface area contributed by atoms with E-state index in [1.165, 1.54) is 6.42 Å². The highest BCUT2D eigenvalue weighted by molar-refractivity contribution is 7.09. The number of likely N-dealkylation sites (tertiary alicyclic amines) is 2. The Hall–Kier alpha value is -2.28. The number of nitrogens with zero attached hydrogens (tertiary/aromatic N) is 4. The summed E-state index contributed by atoms with van der Waals surface area (Å²) < 4.78 is 0. The van der Waals surface area contributed by atoms with Crippen LogP contribution >= 0.6 is 11.3 Å². The van der Waals surface area contributed by atoms with Crippen molar-refractivity contribution in [3.05, 3.63) is 45.7 Å². The van der Waals surface area contributed by atoms with E-state index in [2.05, 4.69) is 9.97 Å². The van der Waals surface area contributed by atoms with E-state index in [4.69, 9.17) is 0 Å². The van der Waals surface area contributed by atoms with Gasteiger partial charge in [-0.05, 0) is 51.2 Å². The molecule has 0 saturated carbocycles. The zero-order valence-corrected chi connectivity index (χ0v) is 17.8. The van der Waals surface area contributed by atoms with E-state index in [9.17, 15) is 9.59 Å². The maximum atomic E-state index is 12.7. The Morgan fingerprint density at radius 3 is 2.59 bits per heavy atom. The zero-order chi connectivity index (χ0) is 20.2. The average molecular weight is 413 g/mol. The number of carbonyl (C=O) groups excluding carboxylic acids is 2. The summed E-state index contributed by atoms with van der Waals surface area (Å²) in [5, 5.41) is 2.96. The molecule has 0 N–H and O–H groups in total. The van der Waals surface area contributed by atoms with Gasteiger partial charge >= 0.3 is 0 Å². The molecular weight excluding hydrogens is 384 g/mol. The summed E-state index contributed by atoms with van der Waals surface area (Å²) in [5.41, 5.74) is 2.50. The lowest BCUT2D eigenvalue weighted by molar-refractivity contribution is -0.131. The molecule has 4 rings (SSSR count). The van der Waals surface area contributed by atoms with Gasteiger partial charge in [0.25, 0.3) is 5.91 Å².